The van der Waals surface area contributed by atoms with Crippen molar-refractivity contribution < 1.29 is 17.6 Å². The number of hydrogen-bond acceptors (Lipinski definition) is 3. The fraction of sp³-hybridized carbons (Fsp3) is 0.0169. The van der Waals surface area contributed by atoms with Crippen LogP contribution in [0.1, 0.15) is 5.56 Å². The van der Waals surface area contributed by atoms with Crippen molar-refractivity contribution in [3.05, 3.63) is 212 Å². The molecule has 10 aromatic carbocycles. The van der Waals surface area contributed by atoms with Crippen LogP contribution in [-0.2, 0) is 6.18 Å². The third kappa shape index (κ3) is 6.08. The highest BCUT2D eigenvalue weighted by molar-refractivity contribution is 6.29. The summed E-state index contributed by atoms with van der Waals surface area (Å²) >= 11 is 0. The quantitative estimate of drug-likeness (QED) is 0.162. The first-order chi connectivity index (χ1) is 32.3. The number of furan rings is 1. The van der Waals surface area contributed by atoms with E-state index in [-0.39, 0.29) is 0 Å². The summed E-state index contributed by atoms with van der Waals surface area (Å²) < 4.78 is 49.5. The number of fused-ring (bicyclic) bond motifs is 12. The summed E-state index contributed by atoms with van der Waals surface area (Å²) in [6.45, 7) is 0. The molecule has 0 aliphatic heterocycles. The molecule has 3 aromatic heterocycles. The van der Waals surface area contributed by atoms with E-state index in [9.17, 15) is 13.2 Å². The minimum Gasteiger partial charge on any atom is -0.456 e. The molecular formula is C59H34F3N3O. The molecule has 0 radical (unpaired) electrons. The van der Waals surface area contributed by atoms with Gasteiger partial charge in [0.2, 0.25) is 0 Å². The maximum absolute atomic E-state index is 13.7. The van der Waals surface area contributed by atoms with Gasteiger partial charge in [-0.25, -0.2) is 9.97 Å². The van der Waals surface area contributed by atoms with E-state index in [1.165, 1.54) is 0 Å². The van der Waals surface area contributed by atoms with E-state index < -0.39 is 11.7 Å². The van der Waals surface area contributed by atoms with Crippen LogP contribution in [0.4, 0.5) is 13.2 Å². The van der Waals surface area contributed by atoms with E-state index in [1.54, 1.807) is 12.1 Å². The van der Waals surface area contributed by atoms with Crippen molar-refractivity contribution in [2.45, 2.75) is 6.18 Å². The first-order valence-electron chi connectivity index (χ1n) is 21.8. The summed E-state index contributed by atoms with van der Waals surface area (Å²) in [5.41, 5.74) is 9.17. The zero-order chi connectivity index (χ0) is 44.1. The molecule has 0 unspecified atom stereocenters. The fourth-order valence-corrected chi connectivity index (χ4v) is 9.85. The molecule has 4 nitrogen and oxygen atoms in total. The molecule has 13 aromatic rings. The molecule has 0 spiro atoms. The Morgan fingerprint density at radius 3 is 1.64 bits per heavy atom. The second-order valence-corrected chi connectivity index (χ2v) is 16.8. The Labute approximate surface area is 375 Å². The number of para-hydroxylation sites is 1. The standard InChI is InChI=1S/C59H34F3N3O/c60-59(61,62)41-24-19-35(20-25-41)38-22-27-53-49(30-38)50-32-47-46-29-39(40-23-28-56-51(31-40)45-17-9-10-18-55(45)66-56)21-26-44(46)42-15-7-8-16-43(42)48(47)33-54(50)65(53)57-34-52(36-11-3-1-4-12-36)63-58(64-57)37-13-5-2-6-14-37/h1-34H. The normalized spacial score (nSPS) is 12.2. The van der Waals surface area contributed by atoms with E-state index in [0.717, 1.165) is 122 Å². The number of nitrogens with zero attached hydrogens (tertiary/aromatic N) is 3. The van der Waals surface area contributed by atoms with Gasteiger partial charge in [0.15, 0.2) is 5.82 Å². The third-order valence-corrected chi connectivity index (χ3v) is 13.0. The maximum Gasteiger partial charge on any atom is 0.416 e. The highest BCUT2D eigenvalue weighted by atomic mass is 19.4. The van der Waals surface area contributed by atoms with Gasteiger partial charge in [0.1, 0.15) is 17.0 Å². The number of alkyl halides is 3. The maximum atomic E-state index is 13.7. The smallest absolute Gasteiger partial charge is 0.416 e. The third-order valence-electron chi connectivity index (χ3n) is 13.0. The van der Waals surface area contributed by atoms with Gasteiger partial charge in [-0.2, -0.15) is 13.2 Å². The summed E-state index contributed by atoms with van der Waals surface area (Å²) in [6, 6.07) is 68.1. The van der Waals surface area contributed by atoms with Gasteiger partial charge >= 0.3 is 6.18 Å². The molecule has 312 valence electrons. The van der Waals surface area contributed by atoms with Crippen molar-refractivity contribution in [3.63, 3.8) is 0 Å². The highest BCUT2D eigenvalue weighted by Gasteiger charge is 2.30. The first kappa shape index (κ1) is 38.0. The van der Waals surface area contributed by atoms with Crippen LogP contribution in [0.15, 0.2) is 211 Å². The molecule has 0 atom stereocenters. The summed E-state index contributed by atoms with van der Waals surface area (Å²) in [7, 11) is 0. The predicted octanol–water partition coefficient (Wildman–Crippen LogP) is 16.6. The second-order valence-electron chi connectivity index (χ2n) is 16.8. The van der Waals surface area contributed by atoms with Gasteiger partial charge in [-0.3, -0.25) is 4.57 Å². The summed E-state index contributed by atoms with van der Waals surface area (Å²) in [5.74, 6) is 1.29. The van der Waals surface area contributed by atoms with Gasteiger partial charge in [-0.05, 0) is 115 Å². The summed E-state index contributed by atoms with van der Waals surface area (Å²) in [6.07, 6.45) is -4.43. The van der Waals surface area contributed by atoms with Gasteiger partial charge in [0, 0.05) is 38.7 Å². The van der Waals surface area contributed by atoms with E-state index in [2.05, 4.69) is 108 Å². The van der Waals surface area contributed by atoms with Crippen LogP contribution in [0.3, 0.4) is 0 Å². The first-order valence-corrected chi connectivity index (χ1v) is 21.8. The van der Waals surface area contributed by atoms with Gasteiger partial charge < -0.3 is 4.42 Å². The van der Waals surface area contributed by atoms with Crippen LogP contribution in [0.5, 0.6) is 0 Å². The lowest BCUT2D eigenvalue weighted by molar-refractivity contribution is -0.137. The van der Waals surface area contributed by atoms with Crippen molar-refractivity contribution in [1.82, 2.24) is 14.5 Å². The Morgan fingerprint density at radius 2 is 0.879 bits per heavy atom. The Hall–Kier alpha value is -8.55. The monoisotopic (exact) mass is 857 g/mol. The highest BCUT2D eigenvalue weighted by Crippen LogP contribution is 2.44. The predicted molar refractivity (Wildman–Crippen MR) is 263 cm³/mol. The van der Waals surface area contributed by atoms with Crippen LogP contribution < -0.4 is 0 Å². The molecule has 7 heteroatoms. The number of rotatable bonds is 5. The lowest BCUT2D eigenvalue weighted by Gasteiger charge is -2.14. The Morgan fingerprint density at radius 1 is 0.348 bits per heavy atom. The molecular weight excluding hydrogens is 824 g/mol. The van der Waals surface area contributed by atoms with Gasteiger partial charge in [0.25, 0.3) is 0 Å². The van der Waals surface area contributed by atoms with Crippen molar-refractivity contribution >= 4 is 76.1 Å². The van der Waals surface area contributed by atoms with E-state index in [0.29, 0.717) is 17.2 Å². The number of benzene rings is 10. The average Bonchev–Trinajstić information content (AvgIpc) is 3.90. The van der Waals surface area contributed by atoms with Crippen LogP contribution in [0, 0.1) is 0 Å². The van der Waals surface area contributed by atoms with E-state index in [4.69, 9.17) is 14.4 Å². The molecule has 13 rings (SSSR count). The molecule has 0 amide bonds. The van der Waals surface area contributed by atoms with Gasteiger partial charge in [-0.15, -0.1) is 0 Å². The van der Waals surface area contributed by atoms with Gasteiger partial charge in [0.05, 0.1) is 22.3 Å². The van der Waals surface area contributed by atoms with Crippen LogP contribution >= 0.6 is 0 Å². The molecule has 0 N–H and O–H groups in total. The van der Waals surface area contributed by atoms with Crippen LogP contribution in [0.25, 0.3) is 127 Å². The minimum atomic E-state index is -4.43. The van der Waals surface area contributed by atoms with Crippen molar-refractivity contribution in [2.75, 3.05) is 0 Å². The zero-order valence-corrected chi connectivity index (χ0v) is 35.0. The summed E-state index contributed by atoms with van der Waals surface area (Å²) in [5, 5.41) is 10.8. The van der Waals surface area contributed by atoms with E-state index in [1.807, 2.05) is 78.9 Å². The Bertz CT molecular complexity index is 4020. The van der Waals surface area contributed by atoms with Crippen molar-refractivity contribution in [2.24, 2.45) is 0 Å². The topological polar surface area (TPSA) is 43.9 Å². The molecule has 3 heterocycles. The van der Waals surface area contributed by atoms with Crippen molar-refractivity contribution in [3.8, 4) is 50.7 Å². The second kappa shape index (κ2) is 14.5. The molecule has 0 aliphatic rings. The Kier molecular flexibility index (Phi) is 8.33. The minimum absolute atomic E-state index is 0.592. The molecule has 0 aliphatic carbocycles. The zero-order valence-electron chi connectivity index (χ0n) is 35.0. The van der Waals surface area contributed by atoms with Crippen LogP contribution in [0.2, 0.25) is 0 Å². The fourth-order valence-electron chi connectivity index (χ4n) is 9.85. The van der Waals surface area contributed by atoms with Crippen molar-refractivity contribution in [1.29, 1.82) is 0 Å². The van der Waals surface area contributed by atoms with Gasteiger partial charge in [-0.1, -0.05) is 140 Å². The number of hydrogen-bond donors (Lipinski definition) is 0. The Balaban J connectivity index is 1.11. The summed E-state index contributed by atoms with van der Waals surface area (Å²) in [4.78, 5) is 10.4. The molecule has 0 saturated heterocycles. The average molecular weight is 858 g/mol. The van der Waals surface area contributed by atoms with Crippen LogP contribution in [-0.4, -0.2) is 14.5 Å². The largest absolute Gasteiger partial charge is 0.456 e. The van der Waals surface area contributed by atoms with E-state index >= 15 is 0 Å². The SMILES string of the molecule is FC(F)(F)c1ccc(-c2ccc3c(c2)c2cc4c5cc(-c6ccc7oc8ccccc8c7c6)ccc5c5ccccc5c4cc2n3-c2cc(-c3ccccc3)nc(-c3ccccc3)n2)cc1. The number of halogens is 3. The lowest BCUT2D eigenvalue weighted by atomic mass is 9.91. The molecule has 0 fully saturated rings. The lowest BCUT2D eigenvalue weighted by Crippen LogP contribution is -2.04. The molecule has 0 bridgehead atoms. The number of aromatic nitrogens is 3. The molecule has 0 saturated carbocycles. The molecule has 66 heavy (non-hydrogen) atoms.